The molecule has 0 aliphatic rings. The molecule has 0 amide bonds. The third kappa shape index (κ3) is 2.32. The van der Waals surface area contributed by atoms with Crippen LogP contribution in [0.5, 0.6) is 11.5 Å². The number of carbonyl (C=O) groups is 1. The lowest BCUT2D eigenvalue weighted by molar-refractivity contribution is 0.102. The molecule has 2 rings (SSSR count). The number of rotatable bonds is 5. The van der Waals surface area contributed by atoms with Gasteiger partial charge in [0.25, 0.3) is 0 Å². The van der Waals surface area contributed by atoms with Crippen molar-refractivity contribution < 1.29 is 14.3 Å². The van der Waals surface area contributed by atoms with Crippen LogP contribution in [0.2, 0.25) is 0 Å². The molecule has 1 aromatic heterocycles. The minimum absolute atomic E-state index is 0.258. The molecule has 0 saturated carbocycles. The highest BCUT2D eigenvalue weighted by Gasteiger charge is 2.20. The van der Waals surface area contributed by atoms with E-state index in [4.69, 9.17) is 15.2 Å². The Kier molecular flexibility index (Phi) is 3.93. The molecule has 0 atom stereocenters. The first-order valence-electron chi connectivity index (χ1n) is 6.19. The number of imidazole rings is 1. The fourth-order valence-electron chi connectivity index (χ4n) is 1.97. The van der Waals surface area contributed by atoms with Gasteiger partial charge in [-0.15, -0.1) is 0 Å². The first-order chi connectivity index (χ1) is 9.62. The molecule has 106 valence electrons. The number of ketones is 1. The van der Waals surface area contributed by atoms with Gasteiger partial charge >= 0.3 is 0 Å². The smallest absolute Gasteiger partial charge is 0.230 e. The Morgan fingerprint density at radius 2 is 2.10 bits per heavy atom. The molecule has 0 fully saturated rings. The summed E-state index contributed by atoms with van der Waals surface area (Å²) in [7, 11) is 3.01. The highest BCUT2D eigenvalue weighted by Crippen LogP contribution is 2.32. The molecule has 20 heavy (non-hydrogen) atoms. The molecule has 1 aromatic carbocycles. The zero-order chi connectivity index (χ0) is 14.7. The van der Waals surface area contributed by atoms with Crippen LogP contribution in [0.1, 0.15) is 23.1 Å². The van der Waals surface area contributed by atoms with Gasteiger partial charge in [0.1, 0.15) is 11.5 Å². The summed E-state index contributed by atoms with van der Waals surface area (Å²) in [4.78, 5) is 16.7. The standard InChI is InChI=1S/C14H17N3O3/c1-4-17-6-5-16-14(17)13(18)10-7-9(19-2)8-11(20-3)12(10)15/h5-8H,4,15H2,1-3H3. The van der Waals surface area contributed by atoms with E-state index in [0.717, 1.165) is 0 Å². The first-order valence-corrected chi connectivity index (χ1v) is 6.19. The number of anilines is 1. The van der Waals surface area contributed by atoms with Crippen LogP contribution >= 0.6 is 0 Å². The van der Waals surface area contributed by atoms with Crippen molar-refractivity contribution in [3.8, 4) is 11.5 Å². The molecular weight excluding hydrogens is 258 g/mol. The van der Waals surface area contributed by atoms with Gasteiger partial charge in [0.2, 0.25) is 5.78 Å². The molecule has 0 saturated heterocycles. The lowest BCUT2D eigenvalue weighted by Crippen LogP contribution is -2.13. The SMILES string of the molecule is CCn1ccnc1C(=O)c1cc(OC)cc(OC)c1N. The summed E-state index contributed by atoms with van der Waals surface area (Å²) in [6, 6.07) is 3.23. The van der Waals surface area contributed by atoms with Crippen molar-refractivity contribution in [2.45, 2.75) is 13.5 Å². The summed E-state index contributed by atoms with van der Waals surface area (Å²) >= 11 is 0. The molecule has 6 nitrogen and oxygen atoms in total. The molecule has 6 heteroatoms. The summed E-state index contributed by atoms with van der Waals surface area (Å²) in [5.41, 5.74) is 6.58. The number of hydrogen-bond acceptors (Lipinski definition) is 5. The average molecular weight is 275 g/mol. The number of nitrogens with zero attached hydrogens (tertiary/aromatic N) is 2. The largest absolute Gasteiger partial charge is 0.497 e. The normalized spacial score (nSPS) is 10.3. The molecule has 0 aliphatic carbocycles. The van der Waals surface area contributed by atoms with Gasteiger partial charge in [-0.1, -0.05) is 0 Å². The van der Waals surface area contributed by atoms with Gasteiger partial charge in [-0.2, -0.15) is 0 Å². The third-order valence-electron chi connectivity index (χ3n) is 3.08. The maximum absolute atomic E-state index is 12.6. The number of ether oxygens (including phenoxy) is 2. The van der Waals surface area contributed by atoms with E-state index in [9.17, 15) is 4.79 Å². The van der Waals surface area contributed by atoms with Crippen molar-refractivity contribution in [2.75, 3.05) is 20.0 Å². The van der Waals surface area contributed by atoms with Gasteiger partial charge < -0.3 is 19.8 Å². The summed E-state index contributed by atoms with van der Waals surface area (Å²) in [5, 5.41) is 0. The number of aromatic nitrogens is 2. The first kappa shape index (κ1) is 13.9. The van der Waals surface area contributed by atoms with Gasteiger partial charge in [0, 0.05) is 25.0 Å². The highest BCUT2D eigenvalue weighted by atomic mass is 16.5. The van der Waals surface area contributed by atoms with E-state index >= 15 is 0 Å². The number of benzene rings is 1. The summed E-state index contributed by atoms with van der Waals surface area (Å²) in [6.45, 7) is 2.59. The van der Waals surface area contributed by atoms with Gasteiger partial charge in [-0.3, -0.25) is 4.79 Å². The van der Waals surface area contributed by atoms with Crippen molar-refractivity contribution in [3.05, 3.63) is 35.9 Å². The molecular formula is C14H17N3O3. The van der Waals surface area contributed by atoms with Gasteiger partial charge in [0.15, 0.2) is 5.82 Å². The molecule has 2 aromatic rings. The summed E-state index contributed by atoms with van der Waals surface area (Å²) < 4.78 is 12.1. The van der Waals surface area contributed by atoms with Crippen molar-refractivity contribution in [3.63, 3.8) is 0 Å². The second kappa shape index (κ2) is 5.64. The number of nitrogens with two attached hydrogens (primary N) is 1. The minimum Gasteiger partial charge on any atom is -0.497 e. The number of nitrogen functional groups attached to an aromatic ring is 1. The average Bonchev–Trinajstić information content (AvgIpc) is 2.95. The van der Waals surface area contributed by atoms with E-state index in [-0.39, 0.29) is 11.5 Å². The molecule has 0 spiro atoms. The van der Waals surface area contributed by atoms with E-state index < -0.39 is 0 Å². The number of methoxy groups -OCH3 is 2. The Hall–Kier alpha value is -2.50. The summed E-state index contributed by atoms with van der Waals surface area (Å²) in [5.74, 6) is 0.998. The fourth-order valence-corrected chi connectivity index (χ4v) is 1.97. The molecule has 0 bridgehead atoms. The van der Waals surface area contributed by atoms with Gasteiger partial charge in [-0.25, -0.2) is 4.98 Å². The second-order valence-electron chi connectivity index (χ2n) is 4.16. The zero-order valence-corrected chi connectivity index (χ0v) is 11.7. The van der Waals surface area contributed by atoms with Crippen molar-refractivity contribution >= 4 is 11.5 Å². The van der Waals surface area contributed by atoms with Crippen LogP contribution in [-0.4, -0.2) is 29.6 Å². The number of aryl methyl sites for hydroxylation is 1. The van der Waals surface area contributed by atoms with E-state index in [1.807, 2.05) is 6.92 Å². The second-order valence-corrected chi connectivity index (χ2v) is 4.16. The van der Waals surface area contributed by atoms with E-state index in [0.29, 0.717) is 29.4 Å². The third-order valence-corrected chi connectivity index (χ3v) is 3.08. The maximum Gasteiger partial charge on any atom is 0.230 e. The van der Waals surface area contributed by atoms with Crippen LogP contribution in [0.3, 0.4) is 0 Å². The quantitative estimate of drug-likeness (QED) is 0.664. The van der Waals surface area contributed by atoms with Gasteiger partial charge in [-0.05, 0) is 13.0 Å². The Balaban J connectivity index is 2.54. The molecule has 0 unspecified atom stereocenters. The van der Waals surface area contributed by atoms with Crippen molar-refractivity contribution in [2.24, 2.45) is 0 Å². The molecule has 0 aliphatic heterocycles. The van der Waals surface area contributed by atoms with Crippen LogP contribution < -0.4 is 15.2 Å². The fraction of sp³-hybridized carbons (Fsp3) is 0.286. The Morgan fingerprint density at radius 3 is 2.70 bits per heavy atom. The van der Waals surface area contributed by atoms with E-state index in [2.05, 4.69) is 4.98 Å². The predicted octanol–water partition coefficient (Wildman–Crippen LogP) is 1.73. The van der Waals surface area contributed by atoms with Crippen molar-refractivity contribution in [1.82, 2.24) is 9.55 Å². The van der Waals surface area contributed by atoms with Crippen molar-refractivity contribution in [1.29, 1.82) is 0 Å². The highest BCUT2D eigenvalue weighted by molar-refractivity contribution is 6.11. The number of hydrogen-bond donors (Lipinski definition) is 1. The van der Waals surface area contributed by atoms with Crippen LogP contribution in [0, 0.1) is 0 Å². The lowest BCUT2D eigenvalue weighted by atomic mass is 10.1. The summed E-state index contributed by atoms with van der Waals surface area (Å²) in [6.07, 6.45) is 3.34. The maximum atomic E-state index is 12.6. The molecule has 0 radical (unpaired) electrons. The monoisotopic (exact) mass is 275 g/mol. The zero-order valence-electron chi connectivity index (χ0n) is 11.7. The predicted molar refractivity (Wildman–Crippen MR) is 75.3 cm³/mol. The lowest BCUT2D eigenvalue weighted by Gasteiger charge is -2.12. The molecule has 1 heterocycles. The van der Waals surface area contributed by atoms with Crippen LogP contribution in [-0.2, 0) is 6.54 Å². The Morgan fingerprint density at radius 1 is 1.35 bits per heavy atom. The minimum atomic E-state index is -0.258. The molecule has 2 N–H and O–H groups in total. The topological polar surface area (TPSA) is 79.4 Å². The van der Waals surface area contributed by atoms with Gasteiger partial charge in [0.05, 0.1) is 25.5 Å². The van der Waals surface area contributed by atoms with Crippen LogP contribution in [0.25, 0.3) is 0 Å². The Labute approximate surface area is 117 Å². The van der Waals surface area contributed by atoms with Crippen LogP contribution in [0.4, 0.5) is 5.69 Å². The van der Waals surface area contributed by atoms with Crippen LogP contribution in [0.15, 0.2) is 24.5 Å². The Bertz CT molecular complexity index is 635. The van der Waals surface area contributed by atoms with E-state index in [1.165, 1.54) is 14.2 Å². The van der Waals surface area contributed by atoms with E-state index in [1.54, 1.807) is 29.1 Å². The number of carbonyl (C=O) groups excluding carboxylic acids is 1.